The molecule has 3 aromatic rings. The summed E-state index contributed by atoms with van der Waals surface area (Å²) in [4.78, 5) is 3.37. The largest absolute Gasteiger partial charge is 0.489 e. The van der Waals surface area contributed by atoms with E-state index in [0.717, 1.165) is 46.4 Å². The lowest BCUT2D eigenvalue weighted by Crippen LogP contribution is -2.10. The third kappa shape index (κ3) is 2.58. The predicted octanol–water partition coefficient (Wildman–Crippen LogP) is 4.01. The summed E-state index contributed by atoms with van der Waals surface area (Å²) in [6, 6.07) is 16.2. The number of benzene rings is 2. The van der Waals surface area contributed by atoms with Crippen LogP contribution in [0, 0.1) is 0 Å². The number of H-pyrrole nitrogens is 1. The Labute approximate surface area is 134 Å². The molecule has 3 N–H and O–H groups in total. The summed E-state index contributed by atoms with van der Waals surface area (Å²) in [6.45, 7) is 0.558. The summed E-state index contributed by atoms with van der Waals surface area (Å²) in [7, 11) is 0. The summed E-state index contributed by atoms with van der Waals surface area (Å²) in [5, 5.41) is 10.4. The molecule has 0 unspecified atom stereocenters. The topological polar surface area (TPSA) is 57.3 Å². The molecule has 0 saturated carbocycles. The van der Waals surface area contributed by atoms with Crippen molar-refractivity contribution in [2.45, 2.75) is 19.4 Å². The van der Waals surface area contributed by atoms with Crippen LogP contribution < -0.4 is 10.2 Å². The first-order valence-corrected chi connectivity index (χ1v) is 7.77. The molecule has 1 aromatic heterocycles. The van der Waals surface area contributed by atoms with Gasteiger partial charge < -0.3 is 9.72 Å². The zero-order valence-corrected chi connectivity index (χ0v) is 12.7. The molecule has 1 heterocycles. The van der Waals surface area contributed by atoms with Gasteiger partial charge in [-0.3, -0.25) is 10.7 Å². The molecule has 0 saturated heterocycles. The molecule has 23 heavy (non-hydrogen) atoms. The highest BCUT2D eigenvalue weighted by Crippen LogP contribution is 2.33. The van der Waals surface area contributed by atoms with Crippen LogP contribution in [-0.4, -0.2) is 10.2 Å². The van der Waals surface area contributed by atoms with E-state index in [1.165, 1.54) is 5.56 Å². The van der Waals surface area contributed by atoms with Crippen molar-refractivity contribution in [2.24, 2.45) is 0 Å². The Morgan fingerprint density at radius 3 is 2.83 bits per heavy atom. The molecular formula is C19H18N2O2. The van der Waals surface area contributed by atoms with E-state index in [9.17, 15) is 5.21 Å². The van der Waals surface area contributed by atoms with Gasteiger partial charge in [0.2, 0.25) is 0 Å². The van der Waals surface area contributed by atoms with Gasteiger partial charge in [0.25, 0.3) is 0 Å². The minimum Gasteiger partial charge on any atom is -0.489 e. The van der Waals surface area contributed by atoms with Crippen LogP contribution in [0.5, 0.6) is 5.75 Å². The first kappa shape index (κ1) is 13.9. The van der Waals surface area contributed by atoms with Crippen LogP contribution in [0.25, 0.3) is 16.6 Å². The van der Waals surface area contributed by atoms with Crippen LogP contribution >= 0.6 is 0 Å². The quantitative estimate of drug-likeness (QED) is 0.638. The third-order valence-electron chi connectivity index (χ3n) is 4.26. The van der Waals surface area contributed by atoms with Crippen molar-refractivity contribution in [1.82, 2.24) is 10.5 Å². The number of aryl methyl sites for hydroxylation is 1. The monoisotopic (exact) mass is 306 g/mol. The third-order valence-corrected chi connectivity index (χ3v) is 4.26. The number of nitrogens with one attached hydrogen (secondary N) is 2. The maximum Gasteiger partial charge on any atom is 0.120 e. The van der Waals surface area contributed by atoms with Crippen molar-refractivity contribution in [1.29, 1.82) is 0 Å². The fourth-order valence-corrected chi connectivity index (χ4v) is 3.11. The highest BCUT2D eigenvalue weighted by Gasteiger charge is 2.18. The molecule has 2 aromatic carbocycles. The van der Waals surface area contributed by atoms with Crippen LogP contribution in [0.3, 0.4) is 0 Å². The minimum absolute atomic E-state index is 0.558. The molecule has 0 aliphatic heterocycles. The minimum atomic E-state index is 0.558. The first-order valence-electron chi connectivity index (χ1n) is 7.77. The Bertz CT molecular complexity index is 866. The van der Waals surface area contributed by atoms with E-state index in [2.05, 4.69) is 28.7 Å². The van der Waals surface area contributed by atoms with Crippen LogP contribution in [0.15, 0.2) is 54.6 Å². The Morgan fingerprint density at radius 2 is 2.00 bits per heavy atom. The van der Waals surface area contributed by atoms with Crippen LogP contribution in [0.2, 0.25) is 0 Å². The second-order valence-corrected chi connectivity index (χ2v) is 5.73. The predicted molar refractivity (Wildman–Crippen MR) is 90.3 cm³/mol. The molecule has 4 rings (SSSR count). The summed E-state index contributed by atoms with van der Waals surface area (Å²) in [6.07, 6.45) is 3.88. The molecule has 1 aliphatic rings. The summed E-state index contributed by atoms with van der Waals surface area (Å²) >= 11 is 0. The highest BCUT2D eigenvalue weighted by molar-refractivity contribution is 5.90. The van der Waals surface area contributed by atoms with Crippen molar-refractivity contribution < 1.29 is 9.94 Å². The van der Waals surface area contributed by atoms with Gasteiger partial charge in [-0.15, -0.1) is 0 Å². The maximum absolute atomic E-state index is 9.26. The van der Waals surface area contributed by atoms with Gasteiger partial charge in [-0.2, -0.15) is 0 Å². The zero-order chi connectivity index (χ0) is 15.6. The average Bonchev–Trinajstić information content (AvgIpc) is 2.99. The number of aromatic nitrogens is 1. The average molecular weight is 306 g/mol. The van der Waals surface area contributed by atoms with E-state index < -0.39 is 0 Å². The maximum atomic E-state index is 9.26. The molecule has 4 heteroatoms. The van der Waals surface area contributed by atoms with E-state index >= 15 is 0 Å². The molecule has 0 fully saturated rings. The Hall–Kier alpha value is -2.72. The van der Waals surface area contributed by atoms with Gasteiger partial charge in [0.05, 0.1) is 11.4 Å². The number of allylic oxidation sites excluding steroid dienone is 1. The normalized spacial score (nSPS) is 13.5. The fourth-order valence-electron chi connectivity index (χ4n) is 3.11. The van der Waals surface area contributed by atoms with E-state index in [0.29, 0.717) is 6.61 Å². The van der Waals surface area contributed by atoms with Crippen molar-refractivity contribution in [2.75, 3.05) is 0 Å². The van der Waals surface area contributed by atoms with Gasteiger partial charge in [0, 0.05) is 10.9 Å². The Kier molecular flexibility index (Phi) is 3.52. The second-order valence-electron chi connectivity index (χ2n) is 5.73. The molecule has 1 aliphatic carbocycles. The smallest absolute Gasteiger partial charge is 0.120 e. The zero-order valence-electron chi connectivity index (χ0n) is 12.7. The molecule has 0 atom stereocenters. The number of fused-ring (bicyclic) bond motifs is 3. The first-order chi connectivity index (χ1) is 11.3. The number of aromatic amines is 1. The lowest BCUT2D eigenvalue weighted by molar-refractivity contribution is 0.223. The van der Waals surface area contributed by atoms with E-state index in [4.69, 9.17) is 4.74 Å². The lowest BCUT2D eigenvalue weighted by atomic mass is 9.99. The molecule has 0 bridgehead atoms. The number of ether oxygens (including phenoxy) is 1. The molecule has 0 spiro atoms. The lowest BCUT2D eigenvalue weighted by Gasteiger charge is -2.12. The van der Waals surface area contributed by atoms with Gasteiger partial charge in [0.15, 0.2) is 0 Å². The van der Waals surface area contributed by atoms with Gasteiger partial charge in [0.1, 0.15) is 12.4 Å². The number of hydrogen-bond donors (Lipinski definition) is 3. The van der Waals surface area contributed by atoms with Gasteiger partial charge in [-0.25, -0.2) is 0 Å². The summed E-state index contributed by atoms with van der Waals surface area (Å²) in [5.41, 5.74) is 7.43. The number of rotatable bonds is 4. The number of hydrogen-bond acceptors (Lipinski definition) is 3. The standard InChI is InChI=1S/C19H18N2O2/c22-21-18-8-4-7-15-16-11-14(9-10-17(16)20-19(15)18)23-12-13-5-2-1-3-6-13/h1-3,5-6,8-11,20-22H,4,7,12H2. The van der Waals surface area contributed by atoms with Crippen LogP contribution in [-0.2, 0) is 13.0 Å². The van der Waals surface area contributed by atoms with Gasteiger partial charge in [-0.1, -0.05) is 36.4 Å². The van der Waals surface area contributed by atoms with E-state index in [1.54, 1.807) is 0 Å². The fraction of sp³-hybridized carbons (Fsp3) is 0.158. The van der Waals surface area contributed by atoms with Crippen molar-refractivity contribution in [3.63, 3.8) is 0 Å². The molecule has 116 valence electrons. The summed E-state index contributed by atoms with van der Waals surface area (Å²) in [5.74, 6) is 0.858. The molecule has 4 nitrogen and oxygen atoms in total. The molecule has 0 amide bonds. The second kappa shape index (κ2) is 5.82. The van der Waals surface area contributed by atoms with Crippen molar-refractivity contribution in [3.8, 4) is 5.75 Å². The molecule has 0 radical (unpaired) electrons. The molecular weight excluding hydrogens is 288 g/mol. The Morgan fingerprint density at radius 1 is 1.13 bits per heavy atom. The van der Waals surface area contributed by atoms with Gasteiger partial charge in [-0.05, 0) is 42.2 Å². The van der Waals surface area contributed by atoms with Crippen molar-refractivity contribution >= 4 is 16.6 Å². The van der Waals surface area contributed by atoms with E-state index in [-0.39, 0.29) is 0 Å². The van der Waals surface area contributed by atoms with Crippen LogP contribution in [0.4, 0.5) is 0 Å². The van der Waals surface area contributed by atoms with Crippen LogP contribution in [0.1, 0.15) is 23.2 Å². The van der Waals surface area contributed by atoms with E-state index in [1.807, 2.05) is 36.4 Å². The van der Waals surface area contributed by atoms with Gasteiger partial charge >= 0.3 is 0 Å². The van der Waals surface area contributed by atoms with Crippen molar-refractivity contribution in [3.05, 3.63) is 71.4 Å². The number of hydroxylamine groups is 1. The highest BCUT2D eigenvalue weighted by atomic mass is 16.5. The summed E-state index contributed by atoms with van der Waals surface area (Å²) < 4.78 is 5.92. The Balaban J connectivity index is 1.64. The SMILES string of the molecule is ONC1=CCCc2c1[nH]c1ccc(OCc3ccccc3)cc21.